The molecule has 0 aliphatic carbocycles. The van der Waals surface area contributed by atoms with E-state index in [9.17, 15) is 14.7 Å². The van der Waals surface area contributed by atoms with Gasteiger partial charge in [-0.1, -0.05) is 6.92 Å². The number of carbonyl (C=O) groups is 2. The van der Waals surface area contributed by atoms with Crippen LogP contribution in [0.2, 0.25) is 0 Å². The smallest absolute Gasteiger partial charge is 0.306 e. The van der Waals surface area contributed by atoms with Gasteiger partial charge in [-0.3, -0.25) is 4.79 Å². The van der Waals surface area contributed by atoms with E-state index >= 15 is 0 Å². The fourth-order valence-electron chi connectivity index (χ4n) is 1.21. The van der Waals surface area contributed by atoms with Crippen molar-refractivity contribution in [3.63, 3.8) is 0 Å². The van der Waals surface area contributed by atoms with Crippen LogP contribution in [-0.4, -0.2) is 60.5 Å². The molecular weight excluding hydrogens is 260 g/mol. The molecule has 0 rings (SSSR count). The predicted molar refractivity (Wildman–Crippen MR) is 61.5 cm³/mol. The van der Waals surface area contributed by atoms with Crippen molar-refractivity contribution in [2.45, 2.75) is 25.9 Å². The molecule has 0 saturated heterocycles. The number of rotatable bonds is 6. The minimum Gasteiger partial charge on any atom is -0.550 e. The van der Waals surface area contributed by atoms with Gasteiger partial charge in [-0.25, -0.2) is 0 Å². The van der Waals surface area contributed by atoms with Crippen LogP contribution in [0, 0.1) is 10.1 Å². The van der Waals surface area contributed by atoms with Gasteiger partial charge in [0, 0.05) is 18.8 Å². The molecule has 9 nitrogen and oxygen atoms in total. The summed E-state index contributed by atoms with van der Waals surface area (Å²) in [5.74, 6) is -1.58. The third-order valence-electron chi connectivity index (χ3n) is 1.73. The summed E-state index contributed by atoms with van der Waals surface area (Å²) < 4.78 is 5.55. The molecule has 1 N–H and O–H groups in total. The van der Waals surface area contributed by atoms with Gasteiger partial charge in [-0.05, 0) is 0 Å². The number of carbonyl (C=O) groups excluding carboxylic acids is 2. The summed E-state index contributed by atoms with van der Waals surface area (Å²) >= 11 is 0. The summed E-state index contributed by atoms with van der Waals surface area (Å²) in [4.78, 5) is 29.9. The Labute approximate surface area is 111 Å². The molecule has 0 aromatic rings. The van der Waals surface area contributed by atoms with Gasteiger partial charge < -0.3 is 24.3 Å². The third kappa shape index (κ3) is 18.7. The number of carboxylic acids is 1. The molecule has 0 aromatic carbocycles. The highest BCUT2D eigenvalue weighted by atomic mass is 16.9. The van der Waals surface area contributed by atoms with Gasteiger partial charge in [0.2, 0.25) is 0 Å². The van der Waals surface area contributed by atoms with Crippen molar-refractivity contribution in [1.29, 1.82) is 0 Å². The van der Waals surface area contributed by atoms with Crippen molar-refractivity contribution in [3.8, 4) is 0 Å². The van der Waals surface area contributed by atoms with Crippen LogP contribution in [0.1, 0.15) is 19.8 Å². The molecule has 0 fully saturated rings. The lowest BCUT2D eigenvalue weighted by molar-refractivity contribution is -0.873. The van der Waals surface area contributed by atoms with E-state index in [4.69, 9.17) is 20.1 Å². The molecule has 19 heavy (non-hydrogen) atoms. The maximum Gasteiger partial charge on any atom is 0.306 e. The number of esters is 1. The van der Waals surface area contributed by atoms with Crippen LogP contribution in [-0.2, 0) is 14.3 Å². The van der Waals surface area contributed by atoms with Gasteiger partial charge >= 0.3 is 5.97 Å². The summed E-state index contributed by atoms with van der Waals surface area (Å²) in [7, 11) is 5.71. The Kier molecular flexibility index (Phi) is 9.30. The van der Waals surface area contributed by atoms with E-state index in [-0.39, 0.29) is 18.8 Å². The standard InChI is InChI=1S/C10H19NO4.HNO3/c1-5-10(14)15-8(6-9(12)13)7-11(2,3)4;2-1(3)4/h8H,5-7H2,1-4H3;(H,2,3,4)/t8-;/m1./s1. The van der Waals surface area contributed by atoms with Crippen LogP contribution in [0.25, 0.3) is 0 Å². The Hall–Kier alpha value is -1.90. The zero-order valence-corrected chi connectivity index (χ0v) is 11.5. The fourth-order valence-corrected chi connectivity index (χ4v) is 1.21. The van der Waals surface area contributed by atoms with E-state index in [1.54, 1.807) is 6.92 Å². The Morgan fingerprint density at radius 2 is 1.79 bits per heavy atom. The minimum atomic E-state index is -1.50. The van der Waals surface area contributed by atoms with Gasteiger partial charge in [0.05, 0.1) is 21.1 Å². The number of carboxylic acid groups (broad SMARTS) is 1. The molecule has 0 amide bonds. The van der Waals surface area contributed by atoms with Crippen LogP contribution in [0.4, 0.5) is 0 Å². The van der Waals surface area contributed by atoms with E-state index in [1.807, 2.05) is 21.1 Å². The number of likely N-dealkylation sites (N-methyl/N-ethyl adjacent to an activating group) is 1. The van der Waals surface area contributed by atoms with Crippen molar-refractivity contribution in [3.05, 3.63) is 10.1 Å². The molecule has 0 spiro atoms. The lowest BCUT2D eigenvalue weighted by Crippen LogP contribution is -2.45. The fraction of sp³-hybridized carbons (Fsp3) is 0.800. The van der Waals surface area contributed by atoms with Crippen LogP contribution in [0.5, 0.6) is 0 Å². The predicted octanol–water partition coefficient (Wildman–Crippen LogP) is -1.19. The monoisotopic (exact) mass is 280 g/mol. The summed E-state index contributed by atoms with van der Waals surface area (Å²) in [6.07, 6.45) is -0.607. The molecule has 0 aromatic heterocycles. The first-order valence-electron chi connectivity index (χ1n) is 5.51. The topological polar surface area (TPSA) is 130 Å². The van der Waals surface area contributed by atoms with Crippen molar-refractivity contribution in [1.82, 2.24) is 0 Å². The lowest BCUT2D eigenvalue weighted by Gasteiger charge is -2.29. The number of quaternary nitrogens is 1. The van der Waals surface area contributed by atoms with Crippen LogP contribution >= 0.6 is 0 Å². The molecule has 0 heterocycles. The first kappa shape index (κ1) is 19.4. The second-order valence-corrected chi connectivity index (χ2v) is 4.75. The largest absolute Gasteiger partial charge is 0.550 e. The zero-order chi connectivity index (χ0) is 15.6. The van der Waals surface area contributed by atoms with Gasteiger partial charge in [0.25, 0.3) is 5.09 Å². The first-order chi connectivity index (χ1) is 8.47. The summed E-state index contributed by atoms with van der Waals surface area (Å²) in [6, 6.07) is 0. The van der Waals surface area contributed by atoms with Gasteiger partial charge in [0.1, 0.15) is 6.54 Å². The van der Waals surface area contributed by atoms with Gasteiger partial charge in [-0.15, -0.1) is 10.1 Å². The molecular formula is C10H20N2O7. The molecule has 0 bridgehead atoms. The maximum absolute atomic E-state index is 11.0. The second kappa shape index (κ2) is 9.09. The molecule has 0 aliphatic rings. The summed E-state index contributed by atoms with van der Waals surface area (Å²) in [6.45, 7) is 2.13. The molecule has 0 aliphatic heterocycles. The highest BCUT2D eigenvalue weighted by Gasteiger charge is 2.21. The van der Waals surface area contributed by atoms with Crippen LogP contribution in [0.3, 0.4) is 0 Å². The summed E-state index contributed by atoms with van der Waals surface area (Å²) in [5.41, 5.74) is 0. The molecule has 9 heteroatoms. The van der Waals surface area contributed by atoms with Crippen LogP contribution < -0.4 is 5.11 Å². The van der Waals surface area contributed by atoms with Crippen molar-refractivity contribution in [2.24, 2.45) is 0 Å². The number of hydrogen-bond donors (Lipinski definition) is 1. The average molecular weight is 280 g/mol. The SMILES string of the molecule is CCC(=O)O[C@H](CC(=O)[O-])C[N+](C)(C)C.O=[N+]([O-])O. The number of nitrogens with zero attached hydrogens (tertiary/aromatic N) is 2. The van der Waals surface area contributed by atoms with Gasteiger partial charge in [-0.2, -0.15) is 0 Å². The highest BCUT2D eigenvalue weighted by Crippen LogP contribution is 2.05. The minimum absolute atomic E-state index is 0.249. The molecule has 0 saturated carbocycles. The van der Waals surface area contributed by atoms with E-state index < -0.39 is 17.2 Å². The Bertz CT molecular complexity index is 307. The normalized spacial score (nSPS) is 11.8. The number of aliphatic carboxylic acids is 1. The first-order valence-corrected chi connectivity index (χ1v) is 5.51. The molecule has 1 atom stereocenters. The van der Waals surface area contributed by atoms with Crippen molar-refractivity contribution >= 4 is 11.9 Å². The lowest BCUT2D eigenvalue weighted by atomic mass is 10.2. The van der Waals surface area contributed by atoms with Gasteiger partial charge in [0.15, 0.2) is 6.10 Å². The maximum atomic E-state index is 11.0. The van der Waals surface area contributed by atoms with E-state index in [1.165, 1.54) is 0 Å². The highest BCUT2D eigenvalue weighted by molar-refractivity contribution is 5.70. The Morgan fingerprint density at radius 1 is 1.37 bits per heavy atom. The molecule has 112 valence electrons. The number of ether oxygens (including phenoxy) is 1. The summed E-state index contributed by atoms with van der Waals surface area (Å²) in [5, 5.41) is 24.1. The third-order valence-corrected chi connectivity index (χ3v) is 1.73. The van der Waals surface area contributed by atoms with E-state index in [0.29, 0.717) is 11.0 Å². The number of hydrogen-bond acceptors (Lipinski definition) is 6. The van der Waals surface area contributed by atoms with Crippen LogP contribution in [0.15, 0.2) is 0 Å². The van der Waals surface area contributed by atoms with Crippen molar-refractivity contribution in [2.75, 3.05) is 27.7 Å². The Balaban J connectivity index is 0. The van der Waals surface area contributed by atoms with E-state index in [0.717, 1.165) is 0 Å². The second-order valence-electron chi connectivity index (χ2n) is 4.75. The van der Waals surface area contributed by atoms with Crippen molar-refractivity contribution < 1.29 is 34.2 Å². The zero-order valence-electron chi connectivity index (χ0n) is 11.5. The van der Waals surface area contributed by atoms with E-state index in [2.05, 4.69) is 0 Å². The average Bonchev–Trinajstić information content (AvgIpc) is 2.12. The molecule has 0 unspecified atom stereocenters. The molecule has 0 radical (unpaired) electrons. The Morgan fingerprint density at radius 3 is 2.05 bits per heavy atom. The quantitative estimate of drug-likeness (QED) is 0.280.